The normalized spacial score (nSPS) is 18.9. The van der Waals surface area contributed by atoms with Crippen molar-refractivity contribution in [2.45, 2.75) is 26.2 Å². The van der Waals surface area contributed by atoms with E-state index in [2.05, 4.69) is 24.8 Å². The Bertz CT molecular complexity index is 457. The fourth-order valence-electron chi connectivity index (χ4n) is 1.96. The van der Waals surface area contributed by atoms with Crippen molar-refractivity contribution in [1.29, 1.82) is 0 Å². The highest BCUT2D eigenvalue weighted by Crippen LogP contribution is 2.22. The van der Waals surface area contributed by atoms with Crippen LogP contribution in [0.4, 0.5) is 0 Å². The van der Waals surface area contributed by atoms with Gasteiger partial charge in [-0.25, -0.2) is 0 Å². The zero-order valence-corrected chi connectivity index (χ0v) is 10.5. The molecule has 1 nitrogen and oxygen atoms in total. The Morgan fingerprint density at radius 3 is 2.59 bits per heavy atom. The van der Waals surface area contributed by atoms with Crippen LogP contribution in [-0.2, 0) is 0 Å². The molecule has 0 aliphatic heterocycles. The highest BCUT2D eigenvalue weighted by molar-refractivity contribution is 5.38. The first kappa shape index (κ1) is 11.8. The van der Waals surface area contributed by atoms with Crippen molar-refractivity contribution in [3.8, 4) is 17.6 Å². The van der Waals surface area contributed by atoms with Crippen LogP contribution >= 0.6 is 0 Å². The summed E-state index contributed by atoms with van der Waals surface area (Å²) in [5.74, 6) is 8.02. The molecule has 1 heteroatoms. The lowest BCUT2D eigenvalue weighted by Crippen LogP contribution is -2.01. The lowest BCUT2D eigenvalue weighted by atomic mass is 9.90. The molecule has 0 spiro atoms. The number of ether oxygens (including phenoxy) is 1. The Morgan fingerprint density at radius 1 is 1.24 bits per heavy atom. The summed E-state index contributed by atoms with van der Waals surface area (Å²) in [6.45, 7) is 2.20. The van der Waals surface area contributed by atoms with Crippen molar-refractivity contribution in [3.05, 3.63) is 41.5 Å². The third kappa shape index (κ3) is 3.39. The molecule has 0 fully saturated rings. The number of rotatable bonds is 1. The minimum Gasteiger partial charge on any atom is -0.497 e. The van der Waals surface area contributed by atoms with E-state index in [4.69, 9.17) is 4.74 Å². The maximum atomic E-state index is 5.12. The van der Waals surface area contributed by atoms with E-state index < -0.39 is 0 Å². The van der Waals surface area contributed by atoms with Crippen LogP contribution in [0.1, 0.15) is 31.7 Å². The average molecular weight is 226 g/mol. The Labute approximate surface area is 103 Å². The molecular weight excluding hydrogens is 208 g/mol. The number of hydrogen-bond donors (Lipinski definition) is 0. The van der Waals surface area contributed by atoms with E-state index in [1.54, 1.807) is 7.11 Å². The second-order valence-corrected chi connectivity index (χ2v) is 4.52. The van der Waals surface area contributed by atoms with Gasteiger partial charge in [-0.15, -0.1) is 0 Å². The van der Waals surface area contributed by atoms with Crippen molar-refractivity contribution in [2.75, 3.05) is 7.11 Å². The van der Waals surface area contributed by atoms with Crippen LogP contribution in [0.5, 0.6) is 5.75 Å². The predicted molar refractivity (Wildman–Crippen MR) is 71.0 cm³/mol. The van der Waals surface area contributed by atoms with Gasteiger partial charge in [-0.1, -0.05) is 23.5 Å². The van der Waals surface area contributed by atoms with Gasteiger partial charge in [0.1, 0.15) is 5.75 Å². The summed E-state index contributed by atoms with van der Waals surface area (Å²) in [6, 6.07) is 7.93. The van der Waals surface area contributed by atoms with Crippen molar-refractivity contribution >= 4 is 0 Å². The first-order chi connectivity index (χ1) is 8.28. The van der Waals surface area contributed by atoms with Gasteiger partial charge in [0.25, 0.3) is 0 Å². The van der Waals surface area contributed by atoms with E-state index in [1.165, 1.54) is 18.4 Å². The van der Waals surface area contributed by atoms with Gasteiger partial charge >= 0.3 is 0 Å². The molecule has 1 atom stereocenters. The fourth-order valence-corrected chi connectivity index (χ4v) is 1.96. The Hall–Kier alpha value is -1.68. The summed E-state index contributed by atoms with van der Waals surface area (Å²) in [5.41, 5.74) is 2.57. The van der Waals surface area contributed by atoms with Gasteiger partial charge in [-0.05, 0) is 50.5 Å². The van der Waals surface area contributed by atoms with Crippen LogP contribution in [0.25, 0.3) is 0 Å². The zero-order chi connectivity index (χ0) is 12.1. The second kappa shape index (κ2) is 5.59. The fraction of sp³-hybridized carbons (Fsp3) is 0.375. The monoisotopic (exact) mass is 226 g/mol. The molecule has 1 aliphatic rings. The Balaban J connectivity index is 2.01. The van der Waals surface area contributed by atoms with E-state index in [0.717, 1.165) is 17.7 Å². The van der Waals surface area contributed by atoms with Crippen LogP contribution < -0.4 is 4.74 Å². The van der Waals surface area contributed by atoms with E-state index in [-0.39, 0.29) is 0 Å². The molecule has 1 aromatic rings. The quantitative estimate of drug-likeness (QED) is 0.523. The molecule has 17 heavy (non-hydrogen) atoms. The minimum absolute atomic E-state index is 0.529. The average Bonchev–Trinajstić information content (AvgIpc) is 2.39. The molecule has 0 aromatic heterocycles. The largest absolute Gasteiger partial charge is 0.497 e. The van der Waals surface area contributed by atoms with Gasteiger partial charge in [0, 0.05) is 11.5 Å². The van der Waals surface area contributed by atoms with Crippen molar-refractivity contribution in [3.63, 3.8) is 0 Å². The van der Waals surface area contributed by atoms with Crippen molar-refractivity contribution in [1.82, 2.24) is 0 Å². The molecule has 1 unspecified atom stereocenters. The first-order valence-electron chi connectivity index (χ1n) is 6.09. The standard InChI is InChI=1S/C16H18O/c1-13-3-5-14(6-4-13)7-8-15-9-11-16(17-2)12-10-15/h3,9-12,14H,4-6H2,1-2H3. The maximum Gasteiger partial charge on any atom is 0.118 e. The van der Waals surface area contributed by atoms with Gasteiger partial charge in [0.2, 0.25) is 0 Å². The minimum atomic E-state index is 0.529. The third-order valence-corrected chi connectivity index (χ3v) is 3.15. The molecule has 2 rings (SSSR count). The van der Waals surface area contributed by atoms with Gasteiger partial charge < -0.3 is 4.74 Å². The summed E-state index contributed by atoms with van der Waals surface area (Å²) < 4.78 is 5.12. The van der Waals surface area contributed by atoms with Crippen molar-refractivity contribution in [2.24, 2.45) is 5.92 Å². The molecule has 0 N–H and O–H groups in total. The predicted octanol–water partition coefficient (Wildman–Crippen LogP) is 3.79. The maximum absolute atomic E-state index is 5.12. The van der Waals surface area contributed by atoms with Gasteiger partial charge in [0.05, 0.1) is 7.11 Å². The highest BCUT2D eigenvalue weighted by atomic mass is 16.5. The molecule has 0 bridgehead atoms. The molecule has 0 radical (unpaired) electrons. The molecule has 0 heterocycles. The molecule has 0 saturated heterocycles. The number of benzene rings is 1. The van der Waals surface area contributed by atoms with Crippen LogP contribution in [0.3, 0.4) is 0 Å². The van der Waals surface area contributed by atoms with E-state index >= 15 is 0 Å². The summed E-state index contributed by atoms with van der Waals surface area (Å²) in [5, 5.41) is 0. The van der Waals surface area contributed by atoms with E-state index in [1.807, 2.05) is 24.3 Å². The SMILES string of the molecule is COc1ccc(C#CC2CC=C(C)CC2)cc1. The lowest BCUT2D eigenvalue weighted by Gasteiger charge is -2.14. The van der Waals surface area contributed by atoms with Crippen LogP contribution in [0.15, 0.2) is 35.9 Å². The summed E-state index contributed by atoms with van der Waals surface area (Å²) in [7, 11) is 1.68. The number of allylic oxidation sites excluding steroid dienone is 2. The van der Waals surface area contributed by atoms with Crippen molar-refractivity contribution < 1.29 is 4.74 Å². The summed E-state index contributed by atoms with van der Waals surface area (Å²) in [4.78, 5) is 0. The molecular formula is C16H18O. The molecule has 88 valence electrons. The van der Waals surface area contributed by atoms with Crippen LogP contribution in [0.2, 0.25) is 0 Å². The van der Waals surface area contributed by atoms with Gasteiger partial charge in [-0.3, -0.25) is 0 Å². The Kier molecular flexibility index (Phi) is 3.88. The van der Waals surface area contributed by atoms with E-state index in [9.17, 15) is 0 Å². The summed E-state index contributed by atoms with van der Waals surface area (Å²) in [6.07, 6.45) is 5.82. The second-order valence-electron chi connectivity index (χ2n) is 4.52. The summed E-state index contributed by atoms with van der Waals surface area (Å²) >= 11 is 0. The van der Waals surface area contributed by atoms with Crippen LogP contribution in [-0.4, -0.2) is 7.11 Å². The van der Waals surface area contributed by atoms with Gasteiger partial charge in [0.15, 0.2) is 0 Å². The van der Waals surface area contributed by atoms with E-state index in [0.29, 0.717) is 5.92 Å². The third-order valence-electron chi connectivity index (χ3n) is 3.15. The molecule has 0 amide bonds. The molecule has 0 saturated carbocycles. The first-order valence-corrected chi connectivity index (χ1v) is 6.09. The lowest BCUT2D eigenvalue weighted by molar-refractivity contribution is 0.415. The van der Waals surface area contributed by atoms with Gasteiger partial charge in [-0.2, -0.15) is 0 Å². The highest BCUT2D eigenvalue weighted by Gasteiger charge is 2.08. The topological polar surface area (TPSA) is 9.23 Å². The van der Waals surface area contributed by atoms with Crippen LogP contribution in [0, 0.1) is 17.8 Å². The molecule has 1 aromatic carbocycles. The molecule has 1 aliphatic carbocycles. The number of hydrogen-bond acceptors (Lipinski definition) is 1. The zero-order valence-electron chi connectivity index (χ0n) is 10.5. The number of methoxy groups -OCH3 is 1. The Morgan fingerprint density at radius 2 is 2.00 bits per heavy atom. The smallest absolute Gasteiger partial charge is 0.118 e.